The van der Waals surface area contributed by atoms with Gasteiger partial charge in [-0.3, -0.25) is 4.98 Å². The summed E-state index contributed by atoms with van der Waals surface area (Å²) in [7, 11) is 0. The van der Waals surface area contributed by atoms with Crippen LogP contribution in [-0.4, -0.2) is 17.6 Å². The topological polar surface area (TPSA) is 24.9 Å². The summed E-state index contributed by atoms with van der Waals surface area (Å²) in [6.45, 7) is 3.38. The molecule has 1 aliphatic carbocycles. The molecular weight excluding hydrogens is 232 g/mol. The van der Waals surface area contributed by atoms with Crippen molar-refractivity contribution in [2.45, 2.75) is 64.3 Å². The second-order valence-corrected chi connectivity index (χ2v) is 5.84. The van der Waals surface area contributed by atoms with Gasteiger partial charge in [-0.25, -0.2) is 0 Å². The largest absolute Gasteiger partial charge is 0.313 e. The van der Waals surface area contributed by atoms with Gasteiger partial charge in [0.2, 0.25) is 0 Å². The van der Waals surface area contributed by atoms with Gasteiger partial charge in [0.15, 0.2) is 0 Å². The molecule has 0 radical (unpaired) electrons. The Morgan fingerprint density at radius 1 is 1.21 bits per heavy atom. The Balaban J connectivity index is 1.97. The van der Waals surface area contributed by atoms with Crippen molar-refractivity contribution in [2.75, 3.05) is 6.54 Å². The third kappa shape index (κ3) is 4.94. The molecule has 1 atom stereocenters. The average Bonchev–Trinajstić information content (AvgIpc) is 2.73. The molecule has 1 heterocycles. The van der Waals surface area contributed by atoms with Crippen LogP contribution >= 0.6 is 0 Å². The van der Waals surface area contributed by atoms with Crippen LogP contribution < -0.4 is 5.32 Å². The molecule has 106 valence electrons. The molecule has 0 aromatic carbocycles. The van der Waals surface area contributed by atoms with Crippen molar-refractivity contribution in [3.63, 3.8) is 0 Å². The van der Waals surface area contributed by atoms with E-state index < -0.39 is 0 Å². The smallest absolute Gasteiger partial charge is 0.0419 e. The Kier molecular flexibility index (Phi) is 6.35. The van der Waals surface area contributed by atoms with Gasteiger partial charge >= 0.3 is 0 Å². The fourth-order valence-corrected chi connectivity index (χ4v) is 3.19. The molecule has 1 aromatic rings. The Morgan fingerprint density at radius 2 is 2.00 bits per heavy atom. The number of hydrogen-bond acceptors (Lipinski definition) is 2. The highest BCUT2D eigenvalue weighted by atomic mass is 14.9. The Labute approximate surface area is 118 Å². The summed E-state index contributed by atoms with van der Waals surface area (Å²) in [6, 6.07) is 6.89. The van der Waals surface area contributed by atoms with Gasteiger partial charge in [0.25, 0.3) is 0 Å². The van der Waals surface area contributed by atoms with Crippen LogP contribution in [0.25, 0.3) is 0 Å². The zero-order valence-electron chi connectivity index (χ0n) is 12.3. The van der Waals surface area contributed by atoms with Gasteiger partial charge in [-0.15, -0.1) is 0 Å². The van der Waals surface area contributed by atoms with E-state index in [1.54, 1.807) is 0 Å². The van der Waals surface area contributed by atoms with E-state index in [1.165, 1.54) is 50.6 Å². The van der Waals surface area contributed by atoms with Crippen molar-refractivity contribution in [3.8, 4) is 0 Å². The number of rotatable bonds is 6. The van der Waals surface area contributed by atoms with Gasteiger partial charge in [0.05, 0.1) is 0 Å². The number of nitrogens with zero attached hydrogens (tertiary/aromatic N) is 1. The first-order chi connectivity index (χ1) is 9.40. The van der Waals surface area contributed by atoms with Crippen LogP contribution in [0.2, 0.25) is 0 Å². The summed E-state index contributed by atoms with van der Waals surface area (Å²) in [5.41, 5.74) is 1.24. The van der Waals surface area contributed by atoms with Crippen LogP contribution in [0.4, 0.5) is 0 Å². The summed E-state index contributed by atoms with van der Waals surface area (Å²) in [5, 5.41) is 3.78. The quantitative estimate of drug-likeness (QED) is 0.783. The minimum Gasteiger partial charge on any atom is -0.313 e. The fourth-order valence-electron chi connectivity index (χ4n) is 3.19. The molecule has 1 N–H and O–H groups in total. The van der Waals surface area contributed by atoms with Gasteiger partial charge in [0, 0.05) is 24.4 Å². The van der Waals surface area contributed by atoms with Crippen molar-refractivity contribution in [1.82, 2.24) is 10.3 Å². The predicted molar refractivity (Wildman–Crippen MR) is 81.2 cm³/mol. The first-order valence-corrected chi connectivity index (χ1v) is 8.03. The van der Waals surface area contributed by atoms with Gasteiger partial charge in [-0.1, -0.05) is 38.7 Å². The molecule has 0 spiro atoms. The third-order valence-corrected chi connectivity index (χ3v) is 4.28. The zero-order valence-corrected chi connectivity index (χ0v) is 12.3. The predicted octanol–water partition coefficient (Wildman–Crippen LogP) is 3.96. The van der Waals surface area contributed by atoms with Crippen LogP contribution in [0.15, 0.2) is 24.4 Å². The Bertz CT molecular complexity index is 328. The first kappa shape index (κ1) is 14.5. The van der Waals surface area contributed by atoms with E-state index in [2.05, 4.69) is 29.4 Å². The molecule has 1 saturated carbocycles. The second kappa shape index (κ2) is 8.31. The normalized spacial score (nSPS) is 19.0. The zero-order chi connectivity index (χ0) is 13.3. The summed E-state index contributed by atoms with van der Waals surface area (Å²) in [4.78, 5) is 4.50. The van der Waals surface area contributed by atoms with E-state index in [0.29, 0.717) is 6.04 Å². The second-order valence-electron chi connectivity index (χ2n) is 5.84. The lowest BCUT2D eigenvalue weighted by atomic mass is 9.88. The van der Waals surface area contributed by atoms with E-state index in [-0.39, 0.29) is 0 Å². The lowest BCUT2D eigenvalue weighted by molar-refractivity contribution is 0.316. The number of hydrogen-bond donors (Lipinski definition) is 1. The van der Waals surface area contributed by atoms with E-state index in [1.807, 2.05) is 12.3 Å². The van der Waals surface area contributed by atoms with Gasteiger partial charge in [-0.2, -0.15) is 0 Å². The number of pyridine rings is 1. The molecule has 2 heteroatoms. The highest BCUT2D eigenvalue weighted by Crippen LogP contribution is 2.27. The van der Waals surface area contributed by atoms with Gasteiger partial charge in [0.1, 0.15) is 0 Å². The van der Waals surface area contributed by atoms with Gasteiger partial charge < -0.3 is 5.32 Å². The summed E-state index contributed by atoms with van der Waals surface area (Å²) in [6.07, 6.45) is 12.7. The van der Waals surface area contributed by atoms with Crippen LogP contribution in [0.1, 0.15) is 57.6 Å². The maximum Gasteiger partial charge on any atom is 0.0419 e. The fraction of sp³-hybridized carbons (Fsp3) is 0.706. The van der Waals surface area contributed by atoms with E-state index >= 15 is 0 Å². The minimum absolute atomic E-state index is 0.618. The summed E-state index contributed by atoms with van der Waals surface area (Å²) >= 11 is 0. The highest BCUT2D eigenvalue weighted by Gasteiger charge is 2.22. The Morgan fingerprint density at radius 3 is 2.63 bits per heavy atom. The summed E-state index contributed by atoms with van der Waals surface area (Å²) in [5.74, 6) is 0.844. The number of aromatic nitrogens is 1. The molecule has 0 saturated heterocycles. The lowest BCUT2D eigenvalue weighted by Gasteiger charge is -2.27. The standard InChI is InChI=1S/C17H28N2/c1-2-12-19-17(14-16-11-7-8-13-18-16)15-9-5-3-4-6-10-15/h7-8,11,13,15,17,19H,2-6,9-10,12,14H2,1H3. The first-order valence-electron chi connectivity index (χ1n) is 8.03. The Hall–Kier alpha value is -0.890. The molecule has 1 unspecified atom stereocenters. The lowest BCUT2D eigenvalue weighted by Crippen LogP contribution is -2.38. The van der Waals surface area contributed by atoms with Crippen molar-refractivity contribution in [2.24, 2.45) is 5.92 Å². The maximum atomic E-state index is 4.50. The average molecular weight is 260 g/mol. The minimum atomic E-state index is 0.618. The van der Waals surface area contributed by atoms with Crippen molar-refractivity contribution in [1.29, 1.82) is 0 Å². The van der Waals surface area contributed by atoms with E-state index in [0.717, 1.165) is 18.9 Å². The molecule has 1 aromatic heterocycles. The molecule has 19 heavy (non-hydrogen) atoms. The van der Waals surface area contributed by atoms with Crippen LogP contribution in [0, 0.1) is 5.92 Å². The molecular formula is C17H28N2. The van der Waals surface area contributed by atoms with Crippen LogP contribution in [-0.2, 0) is 6.42 Å². The molecule has 1 fully saturated rings. The highest BCUT2D eigenvalue weighted by molar-refractivity contribution is 5.06. The monoisotopic (exact) mass is 260 g/mol. The van der Waals surface area contributed by atoms with E-state index in [4.69, 9.17) is 0 Å². The molecule has 2 rings (SSSR count). The summed E-state index contributed by atoms with van der Waals surface area (Å²) < 4.78 is 0. The SMILES string of the molecule is CCCNC(Cc1ccccn1)C1CCCCCC1. The molecule has 2 nitrogen and oxygen atoms in total. The third-order valence-electron chi connectivity index (χ3n) is 4.28. The molecule has 0 bridgehead atoms. The molecule has 0 amide bonds. The van der Waals surface area contributed by atoms with Gasteiger partial charge in [-0.05, 0) is 43.9 Å². The maximum absolute atomic E-state index is 4.50. The van der Waals surface area contributed by atoms with Crippen LogP contribution in [0.3, 0.4) is 0 Å². The molecule has 1 aliphatic rings. The molecule has 0 aliphatic heterocycles. The van der Waals surface area contributed by atoms with E-state index in [9.17, 15) is 0 Å². The van der Waals surface area contributed by atoms with Crippen molar-refractivity contribution < 1.29 is 0 Å². The van der Waals surface area contributed by atoms with Crippen LogP contribution in [0.5, 0.6) is 0 Å². The van der Waals surface area contributed by atoms with Crippen molar-refractivity contribution in [3.05, 3.63) is 30.1 Å². The van der Waals surface area contributed by atoms with Crippen molar-refractivity contribution >= 4 is 0 Å². The number of nitrogens with one attached hydrogen (secondary N) is 1.